The lowest BCUT2D eigenvalue weighted by Crippen LogP contribution is -2.29. The quantitative estimate of drug-likeness (QED) is 0.722. The van der Waals surface area contributed by atoms with E-state index in [0.717, 1.165) is 12.1 Å². The van der Waals surface area contributed by atoms with Crippen LogP contribution in [0.5, 0.6) is 5.75 Å². The number of benzene rings is 1. The molecule has 0 unspecified atom stereocenters. The van der Waals surface area contributed by atoms with Crippen molar-refractivity contribution in [3.63, 3.8) is 0 Å². The van der Waals surface area contributed by atoms with Gasteiger partial charge >= 0.3 is 12.4 Å². The van der Waals surface area contributed by atoms with Crippen molar-refractivity contribution >= 4 is 11.7 Å². The van der Waals surface area contributed by atoms with Crippen LogP contribution in [-0.4, -0.2) is 30.7 Å². The van der Waals surface area contributed by atoms with Gasteiger partial charge in [0.1, 0.15) is 5.75 Å². The predicted octanol–water partition coefficient (Wildman–Crippen LogP) is 2.09. The Morgan fingerprint density at radius 3 is 2.42 bits per heavy atom. The third-order valence-corrected chi connectivity index (χ3v) is 1.97. The Kier molecular flexibility index (Phi) is 5.43. The molecule has 5 nitrogen and oxygen atoms in total. The zero-order valence-electron chi connectivity index (χ0n) is 9.83. The van der Waals surface area contributed by atoms with Crippen molar-refractivity contribution in [2.45, 2.75) is 12.8 Å². The molecular weight excluding hydrogens is 265 g/mol. The lowest BCUT2D eigenvalue weighted by Gasteiger charge is -2.10. The number of amides is 2. The topological polar surface area (TPSA) is 70.6 Å². The van der Waals surface area contributed by atoms with Gasteiger partial charge in [0.15, 0.2) is 0 Å². The molecule has 1 rings (SSSR count). The highest BCUT2D eigenvalue weighted by molar-refractivity contribution is 5.89. The van der Waals surface area contributed by atoms with Gasteiger partial charge in [-0.1, -0.05) is 0 Å². The van der Waals surface area contributed by atoms with E-state index in [2.05, 4.69) is 15.4 Å². The summed E-state index contributed by atoms with van der Waals surface area (Å²) in [6.07, 6.45) is -4.32. The van der Waals surface area contributed by atoms with Crippen LogP contribution >= 0.6 is 0 Å². The fourth-order valence-electron chi connectivity index (χ4n) is 1.20. The second-order valence-electron chi connectivity index (χ2n) is 3.53. The van der Waals surface area contributed by atoms with Crippen LogP contribution in [-0.2, 0) is 0 Å². The number of urea groups is 1. The molecule has 3 N–H and O–H groups in total. The van der Waals surface area contributed by atoms with Crippen LogP contribution in [0.4, 0.5) is 23.7 Å². The smallest absolute Gasteiger partial charge is 0.406 e. The number of nitrogens with one attached hydrogen (secondary N) is 2. The van der Waals surface area contributed by atoms with Gasteiger partial charge < -0.3 is 20.5 Å². The largest absolute Gasteiger partial charge is 0.573 e. The van der Waals surface area contributed by atoms with Crippen molar-refractivity contribution < 1.29 is 27.8 Å². The standard InChI is InChI=1S/C11H13F3N2O3/c12-11(13,14)19-9-4-2-8(3-5-9)16-10(18)15-6-1-7-17/h2-5,17H,1,6-7H2,(H2,15,16,18). The van der Waals surface area contributed by atoms with E-state index in [9.17, 15) is 18.0 Å². The van der Waals surface area contributed by atoms with E-state index < -0.39 is 12.4 Å². The van der Waals surface area contributed by atoms with E-state index in [-0.39, 0.29) is 12.4 Å². The number of hydrogen-bond acceptors (Lipinski definition) is 3. The van der Waals surface area contributed by atoms with Crippen molar-refractivity contribution in [3.8, 4) is 5.75 Å². The maximum absolute atomic E-state index is 11.9. The average molecular weight is 278 g/mol. The summed E-state index contributed by atoms with van der Waals surface area (Å²) in [6, 6.07) is 4.26. The first-order chi connectivity index (χ1) is 8.90. The van der Waals surface area contributed by atoms with Crippen molar-refractivity contribution in [1.82, 2.24) is 5.32 Å². The van der Waals surface area contributed by atoms with Crippen LogP contribution in [0.2, 0.25) is 0 Å². The van der Waals surface area contributed by atoms with Crippen LogP contribution in [0.25, 0.3) is 0 Å². The summed E-state index contributed by atoms with van der Waals surface area (Å²) in [5, 5.41) is 13.4. The third-order valence-electron chi connectivity index (χ3n) is 1.97. The fraction of sp³-hybridized carbons (Fsp3) is 0.364. The first-order valence-electron chi connectivity index (χ1n) is 5.42. The van der Waals surface area contributed by atoms with Crippen LogP contribution < -0.4 is 15.4 Å². The zero-order chi connectivity index (χ0) is 14.3. The second kappa shape index (κ2) is 6.83. The van der Waals surface area contributed by atoms with Gasteiger partial charge in [0.25, 0.3) is 0 Å². The van der Waals surface area contributed by atoms with Crippen LogP contribution in [0, 0.1) is 0 Å². The van der Waals surface area contributed by atoms with E-state index in [1.165, 1.54) is 12.1 Å². The molecule has 19 heavy (non-hydrogen) atoms. The summed E-state index contributed by atoms with van der Waals surface area (Å²) in [6.45, 7) is 0.265. The monoisotopic (exact) mass is 278 g/mol. The number of alkyl halides is 3. The second-order valence-corrected chi connectivity index (χ2v) is 3.53. The number of rotatable bonds is 5. The van der Waals surface area contributed by atoms with E-state index in [1.54, 1.807) is 0 Å². The van der Waals surface area contributed by atoms with Crippen LogP contribution in [0.3, 0.4) is 0 Å². The molecule has 106 valence electrons. The van der Waals surface area contributed by atoms with E-state index >= 15 is 0 Å². The SMILES string of the molecule is O=C(NCCCO)Nc1ccc(OC(F)(F)F)cc1. The molecule has 8 heteroatoms. The molecule has 1 aromatic carbocycles. The number of aliphatic hydroxyl groups excluding tert-OH is 1. The van der Waals surface area contributed by atoms with E-state index in [4.69, 9.17) is 5.11 Å². The molecule has 0 saturated heterocycles. The molecule has 0 heterocycles. The van der Waals surface area contributed by atoms with Gasteiger partial charge in [-0.25, -0.2) is 4.79 Å². The summed E-state index contributed by atoms with van der Waals surface area (Å²) >= 11 is 0. The zero-order valence-corrected chi connectivity index (χ0v) is 9.83. The van der Waals surface area contributed by atoms with E-state index in [1.807, 2.05) is 0 Å². The minimum absolute atomic E-state index is 0.0379. The average Bonchev–Trinajstić information content (AvgIpc) is 2.30. The predicted molar refractivity (Wildman–Crippen MR) is 61.8 cm³/mol. The molecule has 0 fully saturated rings. The van der Waals surface area contributed by atoms with Gasteiger partial charge in [-0.2, -0.15) is 0 Å². The number of halogens is 3. The summed E-state index contributed by atoms with van der Waals surface area (Å²) in [5.74, 6) is -0.362. The molecular formula is C11H13F3N2O3. The van der Waals surface area contributed by atoms with Crippen LogP contribution in [0.1, 0.15) is 6.42 Å². The maximum atomic E-state index is 11.9. The van der Waals surface area contributed by atoms with Crippen molar-refractivity contribution in [3.05, 3.63) is 24.3 Å². The molecule has 0 aliphatic carbocycles. The number of hydrogen-bond donors (Lipinski definition) is 3. The molecule has 0 aromatic heterocycles. The fourth-order valence-corrected chi connectivity index (χ4v) is 1.20. The van der Waals surface area contributed by atoms with Gasteiger partial charge in [-0.05, 0) is 30.7 Å². The van der Waals surface area contributed by atoms with Gasteiger partial charge in [0.05, 0.1) is 0 Å². The van der Waals surface area contributed by atoms with Crippen molar-refractivity contribution in [2.75, 3.05) is 18.5 Å². The number of ether oxygens (including phenoxy) is 1. The Morgan fingerprint density at radius 2 is 1.89 bits per heavy atom. The molecule has 0 spiro atoms. The van der Waals surface area contributed by atoms with Gasteiger partial charge in [0.2, 0.25) is 0 Å². The summed E-state index contributed by atoms with van der Waals surface area (Å²) in [4.78, 5) is 11.3. The third kappa shape index (κ3) is 6.51. The Morgan fingerprint density at radius 1 is 1.26 bits per heavy atom. The summed E-state index contributed by atoms with van der Waals surface area (Å²) in [5.41, 5.74) is 0.330. The molecule has 0 aliphatic heterocycles. The summed E-state index contributed by atoms with van der Waals surface area (Å²) in [7, 11) is 0. The number of anilines is 1. The molecule has 0 radical (unpaired) electrons. The molecule has 0 saturated carbocycles. The lowest BCUT2D eigenvalue weighted by atomic mass is 10.3. The Bertz CT molecular complexity index is 407. The maximum Gasteiger partial charge on any atom is 0.573 e. The van der Waals surface area contributed by atoms with Crippen LogP contribution in [0.15, 0.2) is 24.3 Å². The normalized spacial score (nSPS) is 10.9. The Hall–Kier alpha value is -1.96. The molecule has 0 aliphatic rings. The first-order valence-corrected chi connectivity index (χ1v) is 5.42. The van der Waals surface area contributed by atoms with Crippen molar-refractivity contribution in [1.29, 1.82) is 0 Å². The number of carbonyl (C=O) groups is 1. The lowest BCUT2D eigenvalue weighted by molar-refractivity contribution is -0.274. The highest BCUT2D eigenvalue weighted by atomic mass is 19.4. The van der Waals surface area contributed by atoms with Crippen molar-refractivity contribution in [2.24, 2.45) is 0 Å². The van der Waals surface area contributed by atoms with Gasteiger partial charge in [-0.3, -0.25) is 0 Å². The molecule has 1 aromatic rings. The highest BCUT2D eigenvalue weighted by Gasteiger charge is 2.30. The molecule has 2 amide bonds. The first kappa shape index (κ1) is 15.1. The van der Waals surface area contributed by atoms with Gasteiger partial charge in [-0.15, -0.1) is 13.2 Å². The molecule has 0 bridgehead atoms. The van der Waals surface area contributed by atoms with Gasteiger partial charge in [0, 0.05) is 18.8 Å². The van der Waals surface area contributed by atoms with E-state index in [0.29, 0.717) is 18.7 Å². The Labute approximate surface area is 107 Å². The Balaban J connectivity index is 2.46. The highest BCUT2D eigenvalue weighted by Crippen LogP contribution is 2.23. The summed E-state index contributed by atoms with van der Waals surface area (Å²) < 4.78 is 39.4. The molecule has 0 atom stereocenters. The minimum atomic E-state index is -4.74. The number of aliphatic hydroxyl groups is 1. The minimum Gasteiger partial charge on any atom is -0.406 e. The number of carbonyl (C=O) groups excluding carboxylic acids is 1.